The molecule has 18 heavy (non-hydrogen) atoms. The van der Waals surface area contributed by atoms with Crippen LogP contribution in [0.15, 0.2) is 24.3 Å². The summed E-state index contributed by atoms with van der Waals surface area (Å²) in [5.74, 6) is 0. The molecule has 1 heterocycles. The molecule has 0 bridgehead atoms. The highest BCUT2D eigenvalue weighted by atomic mass is 32.1. The summed E-state index contributed by atoms with van der Waals surface area (Å²) in [5, 5.41) is 4.52. The first kappa shape index (κ1) is 13.3. The molecule has 98 valence electrons. The largest absolute Gasteiger partial charge is 0.358 e. The summed E-state index contributed by atoms with van der Waals surface area (Å²) in [4.78, 5) is 7.02. The molecule has 0 spiro atoms. The third-order valence-corrected chi connectivity index (χ3v) is 4.06. The minimum Gasteiger partial charge on any atom is -0.358 e. The van der Waals surface area contributed by atoms with E-state index in [0.717, 1.165) is 30.3 Å². The van der Waals surface area contributed by atoms with Crippen molar-refractivity contribution in [3.8, 4) is 0 Å². The van der Waals surface area contributed by atoms with Gasteiger partial charge < -0.3 is 10.2 Å². The summed E-state index contributed by atoms with van der Waals surface area (Å²) in [6.07, 6.45) is 0. The Balaban J connectivity index is 2.00. The second kappa shape index (κ2) is 6.16. The van der Waals surface area contributed by atoms with E-state index >= 15 is 0 Å². The quantitative estimate of drug-likeness (QED) is 0.865. The summed E-state index contributed by atoms with van der Waals surface area (Å²) in [5.41, 5.74) is 1.08. The molecule has 1 N–H and O–H groups in total. The first-order valence-corrected chi connectivity index (χ1v) is 7.39. The summed E-state index contributed by atoms with van der Waals surface area (Å²) in [6.45, 7) is 9.87. The van der Waals surface area contributed by atoms with Crippen LogP contribution in [0.5, 0.6) is 0 Å². The average molecular weight is 263 g/mol. The average Bonchev–Trinajstić information content (AvgIpc) is 2.77. The number of benzene rings is 1. The van der Waals surface area contributed by atoms with Crippen LogP contribution in [0.3, 0.4) is 0 Å². The van der Waals surface area contributed by atoms with E-state index in [1.807, 2.05) is 6.07 Å². The first-order valence-electron chi connectivity index (χ1n) is 6.57. The standard InChI is InChI=1S/C14H21N3S/c1-4-17(5-2)10-11(3)15-14-16-12-8-6-7-9-13(12)18-14/h6-9,11H,4-5,10H2,1-3H3,(H,15,16). The molecule has 1 unspecified atom stereocenters. The van der Waals surface area contributed by atoms with E-state index < -0.39 is 0 Å². The Morgan fingerprint density at radius 2 is 2.00 bits per heavy atom. The molecule has 3 nitrogen and oxygen atoms in total. The van der Waals surface area contributed by atoms with Crippen molar-refractivity contribution >= 4 is 26.7 Å². The van der Waals surface area contributed by atoms with Gasteiger partial charge in [-0.05, 0) is 32.1 Å². The molecule has 0 aliphatic heterocycles. The van der Waals surface area contributed by atoms with Gasteiger partial charge in [0.05, 0.1) is 10.2 Å². The van der Waals surface area contributed by atoms with Crippen LogP contribution in [0, 0.1) is 0 Å². The molecule has 1 aromatic carbocycles. The van der Waals surface area contributed by atoms with E-state index in [4.69, 9.17) is 0 Å². The van der Waals surface area contributed by atoms with Gasteiger partial charge in [-0.2, -0.15) is 0 Å². The number of likely N-dealkylation sites (N-methyl/N-ethyl adjacent to an activating group) is 1. The number of fused-ring (bicyclic) bond motifs is 1. The van der Waals surface area contributed by atoms with E-state index in [9.17, 15) is 0 Å². The number of nitrogens with one attached hydrogen (secondary N) is 1. The van der Waals surface area contributed by atoms with Gasteiger partial charge >= 0.3 is 0 Å². The first-order chi connectivity index (χ1) is 8.72. The number of aromatic nitrogens is 1. The Morgan fingerprint density at radius 1 is 1.28 bits per heavy atom. The van der Waals surface area contributed by atoms with Crippen molar-refractivity contribution in [3.63, 3.8) is 0 Å². The minimum absolute atomic E-state index is 0.422. The van der Waals surface area contributed by atoms with Gasteiger partial charge in [-0.25, -0.2) is 4.98 Å². The number of rotatable bonds is 6. The van der Waals surface area contributed by atoms with Crippen LogP contribution in [0.25, 0.3) is 10.2 Å². The predicted octanol–water partition coefficient (Wildman–Crippen LogP) is 3.44. The number of anilines is 1. The zero-order valence-electron chi connectivity index (χ0n) is 11.3. The van der Waals surface area contributed by atoms with Crippen molar-refractivity contribution in [2.24, 2.45) is 0 Å². The van der Waals surface area contributed by atoms with Gasteiger partial charge in [0, 0.05) is 12.6 Å². The van der Waals surface area contributed by atoms with Gasteiger partial charge in [-0.15, -0.1) is 0 Å². The van der Waals surface area contributed by atoms with Crippen molar-refractivity contribution in [2.75, 3.05) is 25.0 Å². The maximum atomic E-state index is 4.60. The van der Waals surface area contributed by atoms with Crippen molar-refractivity contribution < 1.29 is 0 Å². The number of hydrogen-bond donors (Lipinski definition) is 1. The van der Waals surface area contributed by atoms with E-state index in [1.165, 1.54) is 4.70 Å². The van der Waals surface area contributed by atoms with Crippen LogP contribution in [0.1, 0.15) is 20.8 Å². The van der Waals surface area contributed by atoms with Crippen molar-refractivity contribution in [2.45, 2.75) is 26.8 Å². The lowest BCUT2D eigenvalue weighted by atomic mass is 10.3. The van der Waals surface area contributed by atoms with Crippen LogP contribution in [0.2, 0.25) is 0 Å². The van der Waals surface area contributed by atoms with Crippen molar-refractivity contribution in [1.82, 2.24) is 9.88 Å². The van der Waals surface area contributed by atoms with Crippen molar-refractivity contribution in [1.29, 1.82) is 0 Å². The highest BCUT2D eigenvalue weighted by molar-refractivity contribution is 7.22. The molecular formula is C14H21N3S. The van der Waals surface area contributed by atoms with E-state index in [1.54, 1.807) is 11.3 Å². The van der Waals surface area contributed by atoms with Gasteiger partial charge in [-0.1, -0.05) is 37.3 Å². The fraction of sp³-hybridized carbons (Fsp3) is 0.500. The maximum absolute atomic E-state index is 4.60. The lowest BCUT2D eigenvalue weighted by molar-refractivity contribution is 0.295. The molecule has 0 aliphatic rings. The number of nitrogens with zero attached hydrogens (tertiary/aromatic N) is 2. The minimum atomic E-state index is 0.422. The molecular weight excluding hydrogens is 242 g/mol. The van der Waals surface area contributed by atoms with Crippen LogP contribution in [-0.4, -0.2) is 35.6 Å². The molecule has 0 saturated carbocycles. The third kappa shape index (κ3) is 3.21. The SMILES string of the molecule is CCN(CC)CC(C)Nc1nc2ccccc2s1. The Kier molecular flexibility index (Phi) is 4.55. The topological polar surface area (TPSA) is 28.2 Å². The lowest BCUT2D eigenvalue weighted by Gasteiger charge is -2.23. The Bertz CT molecular complexity index is 457. The fourth-order valence-corrected chi connectivity index (χ4v) is 3.04. The molecule has 0 amide bonds. The molecule has 1 aromatic heterocycles. The highest BCUT2D eigenvalue weighted by Crippen LogP contribution is 2.25. The number of para-hydroxylation sites is 1. The van der Waals surface area contributed by atoms with Gasteiger partial charge in [0.25, 0.3) is 0 Å². The summed E-state index contributed by atoms with van der Waals surface area (Å²) in [7, 11) is 0. The monoisotopic (exact) mass is 263 g/mol. The maximum Gasteiger partial charge on any atom is 0.184 e. The zero-order chi connectivity index (χ0) is 13.0. The lowest BCUT2D eigenvalue weighted by Crippen LogP contribution is -2.34. The molecule has 1 atom stereocenters. The van der Waals surface area contributed by atoms with Gasteiger partial charge in [-0.3, -0.25) is 0 Å². The van der Waals surface area contributed by atoms with Crippen LogP contribution in [0.4, 0.5) is 5.13 Å². The second-order valence-corrected chi connectivity index (χ2v) is 5.55. The third-order valence-electron chi connectivity index (χ3n) is 3.09. The van der Waals surface area contributed by atoms with Crippen LogP contribution < -0.4 is 5.32 Å². The molecule has 0 radical (unpaired) electrons. The summed E-state index contributed by atoms with van der Waals surface area (Å²) in [6, 6.07) is 8.69. The molecule has 2 rings (SSSR count). The molecule has 0 aliphatic carbocycles. The summed E-state index contributed by atoms with van der Waals surface area (Å²) < 4.78 is 1.25. The van der Waals surface area contributed by atoms with Gasteiger partial charge in [0.1, 0.15) is 0 Å². The zero-order valence-corrected chi connectivity index (χ0v) is 12.1. The van der Waals surface area contributed by atoms with Crippen molar-refractivity contribution in [3.05, 3.63) is 24.3 Å². The van der Waals surface area contributed by atoms with E-state index in [-0.39, 0.29) is 0 Å². The van der Waals surface area contributed by atoms with Crippen LogP contribution >= 0.6 is 11.3 Å². The Hall–Kier alpha value is -1.13. The molecule has 4 heteroatoms. The normalized spacial score (nSPS) is 13.1. The predicted molar refractivity (Wildman–Crippen MR) is 80.5 cm³/mol. The van der Waals surface area contributed by atoms with E-state index in [2.05, 4.69) is 54.2 Å². The Morgan fingerprint density at radius 3 is 2.67 bits per heavy atom. The molecule has 0 saturated heterocycles. The number of thiazole rings is 1. The summed E-state index contributed by atoms with van der Waals surface area (Å²) >= 11 is 1.73. The van der Waals surface area contributed by atoms with Crippen LogP contribution in [-0.2, 0) is 0 Å². The second-order valence-electron chi connectivity index (χ2n) is 4.52. The smallest absolute Gasteiger partial charge is 0.184 e. The molecule has 2 aromatic rings. The van der Waals surface area contributed by atoms with Gasteiger partial charge in [0.15, 0.2) is 5.13 Å². The highest BCUT2D eigenvalue weighted by Gasteiger charge is 2.09. The molecule has 0 fully saturated rings. The fourth-order valence-electron chi connectivity index (χ4n) is 2.06. The Labute approximate surface area is 113 Å². The number of hydrogen-bond acceptors (Lipinski definition) is 4. The van der Waals surface area contributed by atoms with E-state index in [0.29, 0.717) is 6.04 Å². The van der Waals surface area contributed by atoms with Gasteiger partial charge in [0.2, 0.25) is 0 Å².